The van der Waals surface area contributed by atoms with Crippen LogP contribution in [0.1, 0.15) is 239 Å². The maximum atomic E-state index is 11.9. The van der Waals surface area contributed by atoms with Crippen LogP contribution in [0.25, 0.3) is 0 Å². The predicted molar refractivity (Wildman–Crippen MR) is 306 cm³/mol. The molecular weight excluding hydrogens is 961 g/mol. The third-order valence-corrected chi connectivity index (χ3v) is 27.9. The van der Waals surface area contributed by atoms with Gasteiger partial charge in [0.2, 0.25) is 0 Å². The van der Waals surface area contributed by atoms with Crippen molar-refractivity contribution in [3.8, 4) is 0 Å². The van der Waals surface area contributed by atoms with Gasteiger partial charge in [-0.25, -0.2) is 0 Å². The molecule has 2 N–H and O–H groups in total. The van der Waals surface area contributed by atoms with Crippen LogP contribution >= 0.6 is 0 Å². The molecule has 10 fully saturated rings. The first-order valence-corrected chi connectivity index (χ1v) is 31.2. The molecular formula is C68H110O9. The van der Waals surface area contributed by atoms with Crippen molar-refractivity contribution < 1.29 is 43.6 Å². The Labute approximate surface area is 467 Å². The molecule has 0 aliphatic heterocycles. The minimum absolute atomic E-state index is 0.00000109. The van der Waals surface area contributed by atoms with Gasteiger partial charge in [-0.15, -0.1) is 0 Å². The van der Waals surface area contributed by atoms with Crippen LogP contribution in [0.5, 0.6) is 0 Å². The lowest BCUT2D eigenvalue weighted by Crippen LogP contribution is -2.67. The molecule has 0 aromatic rings. The fraction of sp³-hybridized carbons (Fsp3) is 0.882. The molecule has 20 atom stereocenters. The van der Waals surface area contributed by atoms with E-state index >= 15 is 0 Å². The number of fused-ring (bicyclic) bond motifs is 14. The molecule has 0 heterocycles. The third kappa shape index (κ3) is 9.34. The van der Waals surface area contributed by atoms with Crippen molar-refractivity contribution in [1.82, 2.24) is 0 Å². The Kier molecular flexibility index (Phi) is 16.3. The lowest BCUT2D eigenvalue weighted by atomic mass is 9.32. The highest BCUT2D eigenvalue weighted by Gasteiger charge is 2.73. The standard InChI is InChI=1S/C34H54O4.C30H50O2.C4H6O3/c1-21(2)24-12-17-34(20-37-22(3)35)19-18-32(8)25(29(24)34)10-11-27-31(7)15-14-28(38-23(4)36)30(5,6)26(31)13-16-33(27,32)9;1-19(2)20-10-15-30(18-31)17-16-28(6)21(25(20)30)8-9-23-27(5)13-12-24(32)26(3,4)22(27)11-14-29(23,28)7;1-3(5)7-4(2)6/h24-29H,1,10-20H2,2-9H3;20-25,31-32H,1,8-18H2,2-7H3;1-2H3/t24-,25+,26-,27+,28-,29+,31-,32+,33+,34+;20-,21+,22-,23+,24-,25+,27-,28+,29+,30+;/m00./s1. The Balaban J connectivity index is 0.000000183. The number of ether oxygens (including phenoxy) is 3. The lowest BCUT2D eigenvalue weighted by Gasteiger charge is -2.73. The van der Waals surface area contributed by atoms with Gasteiger partial charge in [-0.2, -0.15) is 0 Å². The van der Waals surface area contributed by atoms with Gasteiger partial charge in [0.05, 0.1) is 12.7 Å². The molecule has 0 unspecified atom stereocenters. The molecule has 0 bridgehead atoms. The second-order valence-electron chi connectivity index (χ2n) is 31.5. The van der Waals surface area contributed by atoms with Crippen molar-refractivity contribution in [3.63, 3.8) is 0 Å². The van der Waals surface area contributed by atoms with E-state index in [-0.39, 0.29) is 56.6 Å². The molecule has 0 saturated heterocycles. The second kappa shape index (κ2) is 20.7. The van der Waals surface area contributed by atoms with E-state index in [1.165, 1.54) is 134 Å². The van der Waals surface area contributed by atoms with E-state index in [0.717, 1.165) is 31.1 Å². The quantitative estimate of drug-likeness (QED) is 0.115. The summed E-state index contributed by atoms with van der Waals surface area (Å²) in [6, 6.07) is 0. The van der Waals surface area contributed by atoms with Gasteiger partial charge in [-0.05, 0) is 245 Å². The van der Waals surface area contributed by atoms with Crippen LogP contribution in [0, 0.1) is 113 Å². The van der Waals surface area contributed by atoms with Crippen molar-refractivity contribution in [2.24, 2.45) is 113 Å². The average Bonchev–Trinajstić information content (AvgIpc) is 3.93. The second-order valence-corrected chi connectivity index (χ2v) is 31.5. The van der Waals surface area contributed by atoms with E-state index in [9.17, 15) is 29.4 Å². The van der Waals surface area contributed by atoms with Crippen LogP contribution in [0.15, 0.2) is 24.3 Å². The summed E-state index contributed by atoms with van der Waals surface area (Å²) in [5, 5.41) is 21.5. The normalized spacial score (nSPS) is 48.4. The largest absolute Gasteiger partial charge is 0.465 e. The van der Waals surface area contributed by atoms with Crippen LogP contribution in [-0.2, 0) is 33.4 Å². The molecule has 436 valence electrons. The number of hydrogen-bond acceptors (Lipinski definition) is 9. The van der Waals surface area contributed by atoms with E-state index in [1.807, 2.05) is 0 Å². The fourth-order valence-electron chi connectivity index (χ4n) is 23.9. The minimum Gasteiger partial charge on any atom is -0.465 e. The van der Waals surface area contributed by atoms with Gasteiger partial charge in [-0.3, -0.25) is 19.2 Å². The van der Waals surface area contributed by atoms with Gasteiger partial charge in [0.15, 0.2) is 0 Å². The highest BCUT2D eigenvalue weighted by atomic mass is 16.6. The number of rotatable bonds is 6. The Bertz CT molecular complexity index is 2290. The first-order valence-electron chi connectivity index (χ1n) is 31.2. The maximum Gasteiger partial charge on any atom is 0.310 e. The Morgan fingerprint density at radius 2 is 0.896 bits per heavy atom. The van der Waals surface area contributed by atoms with Gasteiger partial charge in [0.1, 0.15) is 6.10 Å². The summed E-state index contributed by atoms with van der Waals surface area (Å²) in [5.41, 5.74) is 4.90. The fourth-order valence-corrected chi connectivity index (χ4v) is 23.9. The minimum atomic E-state index is -0.562. The Morgan fingerprint density at radius 3 is 1.32 bits per heavy atom. The van der Waals surface area contributed by atoms with Gasteiger partial charge >= 0.3 is 23.9 Å². The number of aliphatic hydroxyl groups is 2. The molecule has 0 aromatic carbocycles. The van der Waals surface area contributed by atoms with Crippen LogP contribution in [-0.4, -0.2) is 59.5 Å². The molecule has 10 aliphatic carbocycles. The highest BCUT2D eigenvalue weighted by molar-refractivity contribution is 5.82. The SMILES string of the molecule is C=C(C)[C@@H]1CC[C@]2(CO)CC[C@]3(C)[C@H](CC[C@@H]4[C@@]5(C)CC[C@H](O)C(C)(C)[C@@H]5CC[C@]43C)[C@@H]12.C=C(C)[C@@H]1CC[C@]2(COC(C)=O)CC[C@]3(C)[C@H](CC[C@@H]4[C@@]5(C)CC[C@H](OC(C)=O)C(C)(C)[C@@H]5CC[C@]43C)[C@@H]12.CC(=O)OC(C)=O. The summed E-state index contributed by atoms with van der Waals surface area (Å²) in [7, 11) is 0. The van der Waals surface area contributed by atoms with Gasteiger partial charge in [-0.1, -0.05) is 93.5 Å². The number of carbonyl (C=O) groups is 4. The summed E-state index contributed by atoms with van der Waals surface area (Å²) >= 11 is 0. The summed E-state index contributed by atoms with van der Waals surface area (Å²) < 4.78 is 15.7. The van der Waals surface area contributed by atoms with E-state index in [1.54, 1.807) is 13.8 Å². The number of hydrogen-bond donors (Lipinski definition) is 2. The summed E-state index contributed by atoms with van der Waals surface area (Å²) in [6.45, 7) is 45.2. The number of allylic oxidation sites excluding steroid dienone is 2. The molecule has 0 spiro atoms. The third-order valence-electron chi connectivity index (χ3n) is 27.9. The zero-order chi connectivity index (χ0) is 57.1. The van der Waals surface area contributed by atoms with Crippen LogP contribution in [0.2, 0.25) is 0 Å². The number of esters is 4. The van der Waals surface area contributed by atoms with Gasteiger partial charge in [0.25, 0.3) is 0 Å². The Hall–Kier alpha value is -2.52. The molecule has 9 nitrogen and oxygen atoms in total. The molecule has 10 aliphatic rings. The first-order chi connectivity index (χ1) is 35.6. The maximum absolute atomic E-state index is 11.9. The van der Waals surface area contributed by atoms with E-state index in [0.29, 0.717) is 82.2 Å². The molecule has 10 saturated carbocycles. The van der Waals surface area contributed by atoms with Crippen LogP contribution in [0.4, 0.5) is 0 Å². The zero-order valence-corrected chi connectivity index (χ0v) is 51.7. The summed E-state index contributed by atoms with van der Waals surface area (Å²) in [4.78, 5) is 43.5. The number of carbonyl (C=O) groups excluding carboxylic acids is 4. The van der Waals surface area contributed by atoms with E-state index in [4.69, 9.17) is 9.47 Å². The Morgan fingerprint density at radius 1 is 0.455 bits per heavy atom. The smallest absolute Gasteiger partial charge is 0.310 e. The van der Waals surface area contributed by atoms with Crippen molar-refractivity contribution in [2.75, 3.05) is 13.2 Å². The predicted octanol–water partition coefficient (Wildman–Crippen LogP) is 15.2. The van der Waals surface area contributed by atoms with E-state index in [2.05, 4.69) is 101 Å². The summed E-state index contributed by atoms with van der Waals surface area (Å²) in [6.07, 6.45) is 24.2. The van der Waals surface area contributed by atoms with Gasteiger partial charge in [0, 0.05) is 45.1 Å². The first kappa shape index (κ1) is 60.6. The molecule has 10 rings (SSSR count). The topological polar surface area (TPSA) is 136 Å². The van der Waals surface area contributed by atoms with E-state index < -0.39 is 11.9 Å². The number of aliphatic hydroxyl groups excluding tert-OH is 2. The highest BCUT2D eigenvalue weighted by Crippen LogP contribution is 2.80. The van der Waals surface area contributed by atoms with Crippen LogP contribution < -0.4 is 0 Å². The van der Waals surface area contributed by atoms with Crippen molar-refractivity contribution >= 4 is 23.9 Å². The molecule has 9 heteroatoms. The van der Waals surface area contributed by atoms with Crippen molar-refractivity contribution in [1.29, 1.82) is 0 Å². The van der Waals surface area contributed by atoms with Crippen LogP contribution in [0.3, 0.4) is 0 Å². The molecule has 0 aromatic heterocycles. The summed E-state index contributed by atoms with van der Waals surface area (Å²) in [5.74, 6) is 4.96. The average molecular weight is 1070 g/mol. The van der Waals surface area contributed by atoms with Crippen molar-refractivity contribution in [2.45, 2.75) is 251 Å². The lowest BCUT2D eigenvalue weighted by molar-refractivity contribution is -0.252. The molecule has 0 radical (unpaired) electrons. The molecule has 0 amide bonds. The molecule has 77 heavy (non-hydrogen) atoms. The monoisotopic (exact) mass is 1070 g/mol. The zero-order valence-electron chi connectivity index (χ0n) is 51.7. The van der Waals surface area contributed by atoms with Crippen molar-refractivity contribution in [3.05, 3.63) is 24.3 Å². The van der Waals surface area contributed by atoms with Gasteiger partial charge < -0.3 is 24.4 Å².